The number of nitrogens with zero attached hydrogens (tertiary/aromatic N) is 1. The van der Waals surface area contributed by atoms with Crippen LogP contribution in [-0.4, -0.2) is 6.61 Å². The lowest BCUT2D eigenvalue weighted by Crippen LogP contribution is -2.29. The molecule has 1 aromatic carbocycles. The van der Waals surface area contributed by atoms with E-state index in [0.717, 1.165) is 25.0 Å². The number of benzene rings is 1. The maximum Gasteiger partial charge on any atom is 0.119 e. The van der Waals surface area contributed by atoms with Crippen molar-refractivity contribution in [2.24, 2.45) is 5.41 Å². The van der Waals surface area contributed by atoms with E-state index < -0.39 is 0 Å². The minimum absolute atomic E-state index is 0.0746. The van der Waals surface area contributed by atoms with Gasteiger partial charge in [-0.05, 0) is 25.0 Å². The van der Waals surface area contributed by atoms with Gasteiger partial charge in [0, 0.05) is 6.42 Å². The predicted molar refractivity (Wildman–Crippen MR) is 58.5 cm³/mol. The summed E-state index contributed by atoms with van der Waals surface area (Å²) in [4.78, 5) is 0. The highest BCUT2D eigenvalue weighted by molar-refractivity contribution is 5.20. The molecule has 1 aliphatic rings. The molecule has 0 unspecified atom stereocenters. The molecule has 0 atom stereocenters. The molecule has 1 fully saturated rings. The fraction of sp³-hybridized carbons (Fsp3) is 0.462. The van der Waals surface area contributed by atoms with Crippen LogP contribution in [0.15, 0.2) is 30.3 Å². The van der Waals surface area contributed by atoms with E-state index in [1.165, 1.54) is 6.42 Å². The zero-order valence-electron chi connectivity index (χ0n) is 8.78. The third-order valence-electron chi connectivity index (χ3n) is 3.14. The van der Waals surface area contributed by atoms with Crippen molar-refractivity contribution in [2.45, 2.75) is 25.7 Å². The van der Waals surface area contributed by atoms with E-state index in [4.69, 9.17) is 10.00 Å². The second-order valence-corrected chi connectivity index (χ2v) is 4.16. The average molecular weight is 201 g/mol. The Morgan fingerprint density at radius 1 is 1.27 bits per heavy atom. The maximum atomic E-state index is 9.03. The first kappa shape index (κ1) is 10.0. The van der Waals surface area contributed by atoms with Crippen molar-refractivity contribution in [1.29, 1.82) is 5.26 Å². The van der Waals surface area contributed by atoms with Crippen molar-refractivity contribution < 1.29 is 4.74 Å². The summed E-state index contributed by atoms with van der Waals surface area (Å²) in [5.41, 5.74) is -0.0746. The van der Waals surface area contributed by atoms with Gasteiger partial charge in [-0.3, -0.25) is 0 Å². The molecule has 78 valence electrons. The van der Waals surface area contributed by atoms with Crippen LogP contribution in [0.3, 0.4) is 0 Å². The van der Waals surface area contributed by atoms with E-state index >= 15 is 0 Å². The fourth-order valence-electron chi connectivity index (χ4n) is 1.90. The van der Waals surface area contributed by atoms with Crippen LogP contribution in [-0.2, 0) is 0 Å². The van der Waals surface area contributed by atoms with E-state index in [-0.39, 0.29) is 5.41 Å². The lowest BCUT2D eigenvalue weighted by atomic mass is 9.68. The van der Waals surface area contributed by atoms with Gasteiger partial charge < -0.3 is 4.74 Å². The highest BCUT2D eigenvalue weighted by atomic mass is 16.5. The molecule has 0 aliphatic heterocycles. The van der Waals surface area contributed by atoms with E-state index in [2.05, 4.69) is 6.07 Å². The van der Waals surface area contributed by atoms with Crippen LogP contribution in [0, 0.1) is 16.7 Å². The van der Waals surface area contributed by atoms with Crippen LogP contribution in [0.25, 0.3) is 0 Å². The van der Waals surface area contributed by atoms with Gasteiger partial charge in [0.05, 0.1) is 18.1 Å². The third-order valence-corrected chi connectivity index (χ3v) is 3.14. The summed E-state index contributed by atoms with van der Waals surface area (Å²) in [6.07, 6.45) is 4.14. The molecule has 2 heteroatoms. The molecule has 15 heavy (non-hydrogen) atoms. The molecular weight excluding hydrogens is 186 g/mol. The van der Waals surface area contributed by atoms with E-state index in [9.17, 15) is 0 Å². The molecule has 1 aromatic rings. The molecule has 0 radical (unpaired) electrons. The van der Waals surface area contributed by atoms with Crippen LogP contribution in [0.5, 0.6) is 5.75 Å². The molecule has 1 saturated carbocycles. The molecule has 0 amide bonds. The average Bonchev–Trinajstić information content (AvgIpc) is 2.24. The predicted octanol–water partition coefficient (Wildman–Crippen LogP) is 3.15. The number of nitriles is 1. The SMILES string of the molecule is N#CC1(CCOc2ccccc2)CCC1. The molecule has 0 heterocycles. The molecule has 1 aliphatic carbocycles. The lowest BCUT2D eigenvalue weighted by Gasteiger charge is -2.34. The number of ether oxygens (including phenoxy) is 1. The second-order valence-electron chi connectivity index (χ2n) is 4.16. The zero-order valence-corrected chi connectivity index (χ0v) is 8.78. The topological polar surface area (TPSA) is 33.0 Å². The number of hydrogen-bond donors (Lipinski definition) is 0. The Morgan fingerprint density at radius 2 is 2.00 bits per heavy atom. The zero-order chi connectivity index (χ0) is 10.6. The van der Waals surface area contributed by atoms with Gasteiger partial charge in [-0.1, -0.05) is 24.6 Å². The summed E-state index contributed by atoms with van der Waals surface area (Å²) in [5.74, 6) is 0.893. The molecule has 2 rings (SSSR count). The number of rotatable bonds is 4. The summed E-state index contributed by atoms with van der Waals surface area (Å²) >= 11 is 0. The van der Waals surface area contributed by atoms with Crippen molar-refractivity contribution in [3.63, 3.8) is 0 Å². The summed E-state index contributed by atoms with van der Waals surface area (Å²) in [7, 11) is 0. The highest BCUT2D eigenvalue weighted by Crippen LogP contribution is 2.43. The Balaban J connectivity index is 1.78. The van der Waals surface area contributed by atoms with Crippen molar-refractivity contribution in [2.75, 3.05) is 6.61 Å². The fourth-order valence-corrected chi connectivity index (χ4v) is 1.90. The third kappa shape index (κ3) is 2.30. The molecule has 2 nitrogen and oxygen atoms in total. The van der Waals surface area contributed by atoms with Crippen molar-refractivity contribution >= 4 is 0 Å². The standard InChI is InChI=1S/C13H15NO/c14-11-13(7-4-8-13)9-10-15-12-5-2-1-3-6-12/h1-3,5-6H,4,7-10H2. The van der Waals surface area contributed by atoms with Gasteiger partial charge in [-0.15, -0.1) is 0 Å². The number of para-hydroxylation sites is 1. The first-order valence-electron chi connectivity index (χ1n) is 5.44. The molecule has 0 spiro atoms. The van der Waals surface area contributed by atoms with Gasteiger partial charge in [0.1, 0.15) is 5.75 Å². The minimum Gasteiger partial charge on any atom is -0.494 e. The maximum absolute atomic E-state index is 9.03. The highest BCUT2D eigenvalue weighted by Gasteiger charge is 2.36. The van der Waals surface area contributed by atoms with Gasteiger partial charge in [0.25, 0.3) is 0 Å². The van der Waals surface area contributed by atoms with Crippen LogP contribution in [0.4, 0.5) is 0 Å². The molecular formula is C13H15NO. The second kappa shape index (κ2) is 4.35. The number of hydrogen-bond acceptors (Lipinski definition) is 2. The van der Waals surface area contributed by atoms with E-state index in [1.54, 1.807) is 0 Å². The largest absolute Gasteiger partial charge is 0.494 e. The van der Waals surface area contributed by atoms with Gasteiger partial charge >= 0.3 is 0 Å². The van der Waals surface area contributed by atoms with Gasteiger partial charge in [0.2, 0.25) is 0 Å². The first-order valence-corrected chi connectivity index (χ1v) is 5.44. The smallest absolute Gasteiger partial charge is 0.119 e. The van der Waals surface area contributed by atoms with E-state index in [1.807, 2.05) is 30.3 Å². The molecule has 0 saturated heterocycles. The van der Waals surface area contributed by atoms with Gasteiger partial charge in [-0.2, -0.15) is 5.26 Å². The first-order chi connectivity index (χ1) is 7.35. The summed E-state index contributed by atoms with van der Waals surface area (Å²) in [6, 6.07) is 12.2. The normalized spacial score (nSPS) is 17.5. The quantitative estimate of drug-likeness (QED) is 0.749. The van der Waals surface area contributed by atoms with Gasteiger partial charge in [-0.25, -0.2) is 0 Å². The van der Waals surface area contributed by atoms with Crippen LogP contribution < -0.4 is 4.74 Å². The van der Waals surface area contributed by atoms with Crippen LogP contribution in [0.2, 0.25) is 0 Å². The monoisotopic (exact) mass is 201 g/mol. The minimum atomic E-state index is -0.0746. The van der Waals surface area contributed by atoms with Crippen molar-refractivity contribution in [3.05, 3.63) is 30.3 Å². The Hall–Kier alpha value is -1.49. The Kier molecular flexibility index (Phi) is 2.91. The molecule has 0 aromatic heterocycles. The Morgan fingerprint density at radius 3 is 2.53 bits per heavy atom. The van der Waals surface area contributed by atoms with Gasteiger partial charge in [0.15, 0.2) is 0 Å². The van der Waals surface area contributed by atoms with Crippen molar-refractivity contribution in [1.82, 2.24) is 0 Å². The molecule has 0 bridgehead atoms. The summed E-state index contributed by atoms with van der Waals surface area (Å²) < 4.78 is 5.59. The van der Waals surface area contributed by atoms with E-state index in [0.29, 0.717) is 6.61 Å². The summed E-state index contributed by atoms with van der Waals surface area (Å²) in [5, 5.41) is 9.03. The molecule has 0 N–H and O–H groups in total. The van der Waals surface area contributed by atoms with Crippen LogP contribution in [0.1, 0.15) is 25.7 Å². The Bertz CT molecular complexity index is 349. The summed E-state index contributed by atoms with van der Waals surface area (Å²) in [6.45, 7) is 0.650. The van der Waals surface area contributed by atoms with Crippen molar-refractivity contribution in [3.8, 4) is 11.8 Å². The lowest BCUT2D eigenvalue weighted by molar-refractivity contribution is 0.156. The van der Waals surface area contributed by atoms with Crippen LogP contribution >= 0.6 is 0 Å². The Labute approximate surface area is 90.5 Å².